The standard InChI is InChI=1S/C33H40N4O5SSi/c1-33(2,3)44(4,5)42-24-26-11-8-10-25(20-26)21-29-22-27(16-18-34-29)28-14-15-32(36-23-28)35-17-9-19-43(40,41)31-13-7-6-12-30(31)37(38)39/h6-8,10-16,18,20,22-23H,9,17,19,21,24H2,1-5H3,(H,35,36). The summed E-state index contributed by atoms with van der Waals surface area (Å²) < 4.78 is 31.8. The van der Waals surface area contributed by atoms with E-state index in [0.29, 0.717) is 25.4 Å². The van der Waals surface area contributed by atoms with E-state index in [1.54, 1.807) is 12.4 Å². The van der Waals surface area contributed by atoms with Crippen LogP contribution in [0.4, 0.5) is 11.5 Å². The molecule has 0 saturated heterocycles. The normalized spacial score (nSPS) is 12.2. The number of nitrogens with zero attached hydrogens (tertiary/aromatic N) is 3. The molecule has 0 aliphatic carbocycles. The molecule has 0 unspecified atom stereocenters. The zero-order valence-corrected chi connectivity index (χ0v) is 27.7. The van der Waals surface area contributed by atoms with Gasteiger partial charge in [-0.25, -0.2) is 13.4 Å². The highest BCUT2D eigenvalue weighted by atomic mass is 32.2. The minimum atomic E-state index is -3.79. The number of hydrogen-bond donors (Lipinski definition) is 1. The highest BCUT2D eigenvalue weighted by Gasteiger charge is 2.37. The van der Waals surface area contributed by atoms with Crippen LogP contribution < -0.4 is 5.32 Å². The monoisotopic (exact) mass is 632 g/mol. The highest BCUT2D eigenvalue weighted by molar-refractivity contribution is 7.91. The molecule has 0 spiro atoms. The Morgan fingerprint density at radius 3 is 2.39 bits per heavy atom. The van der Waals surface area contributed by atoms with Crippen molar-refractivity contribution in [1.82, 2.24) is 9.97 Å². The molecule has 4 aromatic rings. The minimum absolute atomic E-state index is 0.164. The second-order valence-corrected chi connectivity index (χ2v) is 19.2. The van der Waals surface area contributed by atoms with E-state index in [1.807, 2.05) is 18.2 Å². The first-order valence-corrected chi connectivity index (χ1v) is 19.1. The third-order valence-corrected chi connectivity index (χ3v) is 14.3. The predicted octanol–water partition coefficient (Wildman–Crippen LogP) is 7.44. The molecule has 0 aliphatic rings. The van der Waals surface area contributed by atoms with Crippen LogP contribution in [0.1, 0.15) is 44.0 Å². The number of rotatable bonds is 13. The van der Waals surface area contributed by atoms with Crippen LogP contribution in [0.5, 0.6) is 0 Å². The van der Waals surface area contributed by atoms with Gasteiger partial charge in [-0.2, -0.15) is 0 Å². The average molecular weight is 633 g/mol. The molecule has 2 aromatic heterocycles. The molecule has 232 valence electrons. The maximum absolute atomic E-state index is 12.7. The van der Waals surface area contributed by atoms with Crippen LogP contribution >= 0.6 is 0 Å². The summed E-state index contributed by atoms with van der Waals surface area (Å²) in [5.74, 6) is 0.401. The van der Waals surface area contributed by atoms with Gasteiger partial charge in [-0.05, 0) is 71.6 Å². The molecule has 0 bridgehead atoms. The second kappa shape index (κ2) is 13.8. The number of aromatic nitrogens is 2. The second-order valence-electron chi connectivity index (χ2n) is 12.3. The Morgan fingerprint density at radius 2 is 1.68 bits per heavy atom. The van der Waals surface area contributed by atoms with Gasteiger partial charge in [0.05, 0.1) is 17.3 Å². The zero-order valence-electron chi connectivity index (χ0n) is 25.9. The molecule has 0 aliphatic heterocycles. The van der Waals surface area contributed by atoms with Crippen molar-refractivity contribution in [2.45, 2.75) is 63.2 Å². The van der Waals surface area contributed by atoms with E-state index in [-0.39, 0.29) is 22.1 Å². The maximum atomic E-state index is 12.7. The lowest BCUT2D eigenvalue weighted by atomic mass is 10.0. The smallest absolute Gasteiger partial charge is 0.287 e. The first-order valence-electron chi connectivity index (χ1n) is 14.6. The first-order chi connectivity index (χ1) is 20.7. The minimum Gasteiger partial charge on any atom is -0.413 e. The van der Waals surface area contributed by atoms with Gasteiger partial charge in [0.15, 0.2) is 18.2 Å². The molecule has 2 heterocycles. The number of nitro groups is 1. The van der Waals surface area contributed by atoms with E-state index in [2.05, 4.69) is 79.5 Å². The molecule has 0 saturated carbocycles. The van der Waals surface area contributed by atoms with Crippen molar-refractivity contribution in [3.8, 4) is 11.1 Å². The number of hydrogen-bond acceptors (Lipinski definition) is 8. The molecule has 0 atom stereocenters. The van der Waals surface area contributed by atoms with Crippen molar-refractivity contribution in [2.75, 3.05) is 17.6 Å². The zero-order chi connectivity index (χ0) is 32.0. The van der Waals surface area contributed by atoms with E-state index in [0.717, 1.165) is 22.4 Å². The van der Waals surface area contributed by atoms with Gasteiger partial charge in [-0.1, -0.05) is 57.2 Å². The summed E-state index contributed by atoms with van der Waals surface area (Å²) in [7, 11) is -5.62. The fourth-order valence-corrected chi connectivity index (χ4v) is 6.85. The predicted molar refractivity (Wildman–Crippen MR) is 177 cm³/mol. The Bertz CT molecular complexity index is 1700. The fourth-order valence-electron chi connectivity index (χ4n) is 4.40. The molecule has 0 radical (unpaired) electrons. The molecule has 4 rings (SSSR count). The molecule has 0 amide bonds. The van der Waals surface area contributed by atoms with Crippen LogP contribution in [0, 0.1) is 10.1 Å². The van der Waals surface area contributed by atoms with Gasteiger partial charge in [-0.15, -0.1) is 0 Å². The fraction of sp³-hybridized carbons (Fsp3) is 0.333. The third kappa shape index (κ3) is 8.58. The van der Waals surface area contributed by atoms with Crippen molar-refractivity contribution >= 4 is 29.7 Å². The van der Waals surface area contributed by atoms with Crippen LogP contribution in [-0.2, 0) is 27.3 Å². The Kier molecular flexibility index (Phi) is 10.3. The van der Waals surface area contributed by atoms with E-state index < -0.39 is 28.8 Å². The summed E-state index contributed by atoms with van der Waals surface area (Å²) in [4.78, 5) is 19.4. The Balaban J connectivity index is 1.33. The number of anilines is 1. The Morgan fingerprint density at radius 1 is 0.932 bits per heavy atom. The Hall–Kier alpha value is -3.93. The number of para-hydroxylation sites is 1. The van der Waals surface area contributed by atoms with Gasteiger partial charge in [0.1, 0.15) is 10.7 Å². The van der Waals surface area contributed by atoms with Gasteiger partial charge >= 0.3 is 0 Å². The van der Waals surface area contributed by atoms with Crippen molar-refractivity contribution in [1.29, 1.82) is 0 Å². The van der Waals surface area contributed by atoms with E-state index in [4.69, 9.17) is 4.43 Å². The summed E-state index contributed by atoms with van der Waals surface area (Å²) in [6, 6.07) is 21.7. The van der Waals surface area contributed by atoms with Crippen molar-refractivity contribution in [3.05, 3.63) is 112 Å². The number of nitrogens with one attached hydrogen (secondary N) is 1. The number of benzene rings is 2. The van der Waals surface area contributed by atoms with Crippen LogP contribution in [-0.4, -0.2) is 43.9 Å². The molecule has 0 fully saturated rings. The van der Waals surface area contributed by atoms with Crippen molar-refractivity contribution < 1.29 is 17.8 Å². The third-order valence-electron chi connectivity index (χ3n) is 7.99. The summed E-state index contributed by atoms with van der Waals surface area (Å²) in [5.41, 5.74) is 4.82. The number of nitro benzene ring substituents is 1. The average Bonchev–Trinajstić information content (AvgIpc) is 2.98. The lowest BCUT2D eigenvalue weighted by Crippen LogP contribution is -2.40. The maximum Gasteiger partial charge on any atom is 0.287 e. The van der Waals surface area contributed by atoms with Crippen molar-refractivity contribution in [2.24, 2.45) is 0 Å². The lowest BCUT2D eigenvalue weighted by Gasteiger charge is -2.36. The van der Waals surface area contributed by atoms with Crippen LogP contribution in [0.3, 0.4) is 0 Å². The van der Waals surface area contributed by atoms with Gasteiger partial charge < -0.3 is 9.74 Å². The molecular formula is C33H40N4O5SSi. The topological polar surface area (TPSA) is 124 Å². The SMILES string of the molecule is CC(C)(C)[Si](C)(C)OCc1cccc(Cc2cc(-c3ccc(NCCCS(=O)(=O)c4ccccc4[N+](=O)[O-])nc3)ccn2)c1. The molecular weight excluding hydrogens is 593 g/mol. The molecule has 1 N–H and O–H groups in total. The number of pyridine rings is 2. The molecule has 44 heavy (non-hydrogen) atoms. The lowest BCUT2D eigenvalue weighted by molar-refractivity contribution is -0.387. The summed E-state index contributed by atoms with van der Waals surface area (Å²) in [6.07, 6.45) is 4.54. The Labute approximate surface area is 261 Å². The molecule has 9 nitrogen and oxygen atoms in total. The van der Waals surface area contributed by atoms with Gasteiger partial charge in [0, 0.05) is 42.7 Å². The summed E-state index contributed by atoms with van der Waals surface area (Å²) in [5, 5.41) is 14.5. The first kappa shape index (κ1) is 33.0. The van der Waals surface area contributed by atoms with Gasteiger partial charge in [-0.3, -0.25) is 15.1 Å². The molecule has 2 aromatic carbocycles. The van der Waals surface area contributed by atoms with Crippen LogP contribution in [0.2, 0.25) is 18.1 Å². The highest BCUT2D eigenvalue weighted by Crippen LogP contribution is 2.37. The van der Waals surface area contributed by atoms with E-state index in [1.165, 1.54) is 29.8 Å². The van der Waals surface area contributed by atoms with E-state index in [9.17, 15) is 18.5 Å². The molecule has 11 heteroatoms. The number of sulfone groups is 1. The summed E-state index contributed by atoms with van der Waals surface area (Å²) >= 11 is 0. The van der Waals surface area contributed by atoms with Gasteiger partial charge in [0.2, 0.25) is 0 Å². The summed E-state index contributed by atoms with van der Waals surface area (Å²) in [6.45, 7) is 12.2. The van der Waals surface area contributed by atoms with Crippen LogP contribution in [0.15, 0.2) is 90.1 Å². The van der Waals surface area contributed by atoms with Crippen LogP contribution in [0.25, 0.3) is 11.1 Å². The van der Waals surface area contributed by atoms with E-state index >= 15 is 0 Å². The van der Waals surface area contributed by atoms with Crippen molar-refractivity contribution in [3.63, 3.8) is 0 Å². The quantitative estimate of drug-likeness (QED) is 0.0698. The van der Waals surface area contributed by atoms with Gasteiger partial charge in [0.25, 0.3) is 5.69 Å². The largest absolute Gasteiger partial charge is 0.413 e.